The first-order valence-electron chi connectivity index (χ1n) is 8.69. The van der Waals surface area contributed by atoms with Gasteiger partial charge < -0.3 is 10.0 Å². The number of nitrogens with zero attached hydrogens (tertiary/aromatic N) is 3. The highest BCUT2D eigenvalue weighted by atomic mass is 35.5. The Bertz CT molecular complexity index is 783. The van der Waals surface area contributed by atoms with E-state index >= 15 is 0 Å². The van der Waals surface area contributed by atoms with Gasteiger partial charge in [0.1, 0.15) is 5.82 Å². The normalized spacial score (nSPS) is 21.5. The van der Waals surface area contributed by atoms with Crippen molar-refractivity contribution in [2.24, 2.45) is 0 Å². The van der Waals surface area contributed by atoms with Crippen LogP contribution in [0.5, 0.6) is 0 Å². The van der Waals surface area contributed by atoms with Crippen molar-refractivity contribution in [3.05, 3.63) is 46.5 Å². The lowest BCUT2D eigenvalue weighted by Gasteiger charge is -2.42. The highest BCUT2D eigenvalue weighted by Gasteiger charge is 2.47. The molecular weight excluding hydrogens is 340 g/mol. The molecule has 0 bridgehead atoms. The molecule has 1 amide bonds. The lowest BCUT2D eigenvalue weighted by molar-refractivity contribution is -0.133. The molecule has 1 aliphatic carbocycles. The topological polar surface area (TPSA) is 82.1 Å². The van der Waals surface area contributed by atoms with E-state index in [9.17, 15) is 9.90 Å². The van der Waals surface area contributed by atoms with E-state index in [1.807, 2.05) is 17.0 Å². The van der Waals surface area contributed by atoms with Crippen LogP contribution in [-0.2, 0) is 23.1 Å². The monoisotopic (exact) mass is 360 g/mol. The maximum Gasteiger partial charge on any atom is 0.242 e. The molecule has 7 heteroatoms. The lowest BCUT2D eigenvalue weighted by Crippen LogP contribution is -2.49. The van der Waals surface area contributed by atoms with E-state index in [2.05, 4.69) is 27.3 Å². The molecule has 4 rings (SSSR count). The fraction of sp³-hybridized carbons (Fsp3) is 0.500. The zero-order chi connectivity index (χ0) is 17.4. The number of aryl methyl sites for hydroxylation is 1. The number of likely N-dealkylation sites (tertiary alicyclic amines) is 1. The second-order valence-corrected chi connectivity index (χ2v) is 7.30. The van der Waals surface area contributed by atoms with Crippen molar-refractivity contribution in [3.63, 3.8) is 0 Å². The molecule has 132 valence electrons. The molecule has 2 aliphatic rings. The largest absolute Gasteiger partial charge is 0.392 e. The van der Waals surface area contributed by atoms with Crippen molar-refractivity contribution in [2.75, 3.05) is 13.1 Å². The predicted molar refractivity (Wildman–Crippen MR) is 93.4 cm³/mol. The first-order valence-corrected chi connectivity index (χ1v) is 9.07. The summed E-state index contributed by atoms with van der Waals surface area (Å²) in [6.45, 7) is 1.36. The lowest BCUT2D eigenvalue weighted by atomic mass is 9.72. The number of amides is 1. The molecule has 1 aliphatic heterocycles. The molecule has 2 heterocycles. The summed E-state index contributed by atoms with van der Waals surface area (Å²) < 4.78 is 0. The van der Waals surface area contributed by atoms with Crippen LogP contribution >= 0.6 is 11.6 Å². The van der Waals surface area contributed by atoms with E-state index in [4.69, 9.17) is 11.6 Å². The Morgan fingerprint density at radius 2 is 2.12 bits per heavy atom. The number of carbonyl (C=O) groups excluding carboxylic acids is 1. The SMILES string of the molecule is O=C(CCc1nc(Cl)n[nH]1)N1CCC2(CC1)c1ccccc1C[C@@H]2O. The zero-order valence-corrected chi connectivity index (χ0v) is 14.7. The second-order valence-electron chi connectivity index (χ2n) is 6.97. The third kappa shape index (κ3) is 2.93. The average Bonchev–Trinajstić information content (AvgIpc) is 3.16. The minimum absolute atomic E-state index is 0.114. The Balaban J connectivity index is 1.39. The summed E-state index contributed by atoms with van der Waals surface area (Å²) in [5.41, 5.74) is 2.33. The summed E-state index contributed by atoms with van der Waals surface area (Å²) in [5, 5.41) is 17.3. The Kier molecular flexibility index (Phi) is 4.25. The molecule has 2 aromatic rings. The van der Waals surface area contributed by atoms with E-state index in [1.54, 1.807) is 0 Å². The maximum atomic E-state index is 12.5. The number of fused-ring (bicyclic) bond motifs is 2. The number of aliphatic hydroxyl groups is 1. The number of piperidine rings is 1. The summed E-state index contributed by atoms with van der Waals surface area (Å²) in [6, 6.07) is 8.31. The number of halogens is 1. The molecule has 1 saturated heterocycles. The van der Waals surface area contributed by atoms with Crippen LogP contribution in [0.4, 0.5) is 0 Å². The molecule has 0 unspecified atom stereocenters. The summed E-state index contributed by atoms with van der Waals surface area (Å²) in [7, 11) is 0. The van der Waals surface area contributed by atoms with Gasteiger partial charge in [0.15, 0.2) is 0 Å². The minimum atomic E-state index is -0.349. The van der Waals surface area contributed by atoms with Gasteiger partial charge in [-0.2, -0.15) is 0 Å². The summed E-state index contributed by atoms with van der Waals surface area (Å²) in [4.78, 5) is 18.4. The van der Waals surface area contributed by atoms with Crippen LogP contribution in [0.3, 0.4) is 0 Å². The number of benzene rings is 1. The van der Waals surface area contributed by atoms with Gasteiger partial charge in [0.25, 0.3) is 0 Å². The van der Waals surface area contributed by atoms with Crippen molar-refractivity contribution in [1.82, 2.24) is 20.1 Å². The van der Waals surface area contributed by atoms with Crippen molar-refractivity contribution < 1.29 is 9.90 Å². The molecule has 1 aromatic heterocycles. The van der Waals surface area contributed by atoms with Crippen molar-refractivity contribution in [1.29, 1.82) is 0 Å². The minimum Gasteiger partial charge on any atom is -0.392 e. The second kappa shape index (κ2) is 6.42. The van der Waals surface area contributed by atoms with Crippen LogP contribution in [0.1, 0.15) is 36.2 Å². The number of rotatable bonds is 3. The third-order valence-corrected chi connectivity index (χ3v) is 5.86. The van der Waals surface area contributed by atoms with Crippen LogP contribution in [0.25, 0.3) is 0 Å². The molecule has 25 heavy (non-hydrogen) atoms. The van der Waals surface area contributed by atoms with Gasteiger partial charge in [-0.15, -0.1) is 5.10 Å². The van der Waals surface area contributed by atoms with Gasteiger partial charge in [-0.05, 0) is 42.0 Å². The van der Waals surface area contributed by atoms with Crippen LogP contribution in [0.2, 0.25) is 5.28 Å². The molecule has 1 atom stereocenters. The number of hydrogen-bond acceptors (Lipinski definition) is 4. The maximum absolute atomic E-state index is 12.5. The van der Waals surface area contributed by atoms with Crippen molar-refractivity contribution in [3.8, 4) is 0 Å². The number of aliphatic hydroxyl groups excluding tert-OH is 1. The van der Waals surface area contributed by atoms with E-state index in [-0.39, 0.29) is 22.7 Å². The van der Waals surface area contributed by atoms with Gasteiger partial charge in [0, 0.05) is 31.3 Å². The standard InChI is InChI=1S/C18H21ClN4O2/c19-17-20-15(21-22-17)5-6-16(25)23-9-7-18(8-10-23)13-4-2-1-3-12(13)11-14(18)24/h1-4,14,24H,5-11H2,(H,20,21,22)/t14-/m0/s1. The molecule has 1 fully saturated rings. The van der Waals surface area contributed by atoms with Crippen LogP contribution in [0.15, 0.2) is 24.3 Å². The summed E-state index contributed by atoms with van der Waals surface area (Å²) >= 11 is 5.68. The molecule has 1 aromatic carbocycles. The molecule has 0 saturated carbocycles. The molecule has 0 radical (unpaired) electrons. The van der Waals surface area contributed by atoms with Crippen LogP contribution < -0.4 is 0 Å². The fourth-order valence-electron chi connectivity index (χ4n) is 4.29. The van der Waals surface area contributed by atoms with E-state index < -0.39 is 0 Å². The van der Waals surface area contributed by atoms with E-state index in [0.29, 0.717) is 31.8 Å². The summed E-state index contributed by atoms with van der Waals surface area (Å²) in [6.07, 6.45) is 2.88. The fourth-order valence-corrected chi connectivity index (χ4v) is 4.44. The Labute approximate surface area is 151 Å². The Morgan fingerprint density at radius 1 is 1.36 bits per heavy atom. The first-order chi connectivity index (χ1) is 12.1. The quantitative estimate of drug-likeness (QED) is 0.875. The van der Waals surface area contributed by atoms with Crippen LogP contribution in [0, 0.1) is 0 Å². The third-order valence-electron chi connectivity index (χ3n) is 5.69. The average molecular weight is 361 g/mol. The van der Waals surface area contributed by atoms with Gasteiger partial charge >= 0.3 is 0 Å². The number of H-pyrrole nitrogens is 1. The number of aromatic nitrogens is 3. The van der Waals surface area contributed by atoms with Gasteiger partial charge in [0.2, 0.25) is 11.2 Å². The summed E-state index contributed by atoms with van der Waals surface area (Å²) in [5.74, 6) is 0.745. The smallest absolute Gasteiger partial charge is 0.242 e. The predicted octanol–water partition coefficient (Wildman–Crippen LogP) is 1.87. The number of carbonyl (C=O) groups is 1. The number of hydrogen-bond donors (Lipinski definition) is 2. The van der Waals surface area contributed by atoms with Gasteiger partial charge in [-0.3, -0.25) is 9.89 Å². The molecule has 6 nitrogen and oxygen atoms in total. The van der Waals surface area contributed by atoms with Gasteiger partial charge in [-0.1, -0.05) is 24.3 Å². The molecule has 2 N–H and O–H groups in total. The van der Waals surface area contributed by atoms with Crippen LogP contribution in [-0.4, -0.2) is 50.3 Å². The highest BCUT2D eigenvalue weighted by Crippen LogP contribution is 2.46. The Hall–Kier alpha value is -1.92. The highest BCUT2D eigenvalue weighted by molar-refractivity contribution is 6.28. The van der Waals surface area contributed by atoms with Gasteiger partial charge in [-0.25, -0.2) is 4.98 Å². The molecular formula is C18H21ClN4O2. The number of aromatic amines is 1. The zero-order valence-electron chi connectivity index (χ0n) is 13.9. The Morgan fingerprint density at radius 3 is 2.84 bits per heavy atom. The van der Waals surface area contributed by atoms with Crippen molar-refractivity contribution in [2.45, 2.75) is 43.6 Å². The molecule has 1 spiro atoms. The number of nitrogens with one attached hydrogen (secondary N) is 1. The van der Waals surface area contributed by atoms with Gasteiger partial charge in [0.05, 0.1) is 6.10 Å². The van der Waals surface area contributed by atoms with E-state index in [0.717, 1.165) is 19.3 Å². The van der Waals surface area contributed by atoms with E-state index in [1.165, 1.54) is 11.1 Å². The van der Waals surface area contributed by atoms with Crippen molar-refractivity contribution >= 4 is 17.5 Å². The first kappa shape index (κ1) is 16.5.